The molecule has 0 spiro atoms. The Kier molecular flexibility index (Phi) is 13.5. The van der Waals surface area contributed by atoms with Crippen LogP contribution in [0.1, 0.15) is 24.8 Å². The first-order chi connectivity index (χ1) is 17.9. The molecule has 9 nitrogen and oxygen atoms in total. The van der Waals surface area contributed by atoms with Gasteiger partial charge in [0.05, 0.1) is 18.1 Å². The number of sulfone groups is 1. The van der Waals surface area contributed by atoms with Crippen molar-refractivity contribution in [1.29, 1.82) is 0 Å². The number of rotatable bonds is 12. The number of nitrogens with one attached hydrogen (secondary N) is 2. The maximum absolute atomic E-state index is 13.4. The molecule has 2 aromatic carbocycles. The number of unbranched alkanes of at least 4 members (excludes halogenated alkanes) is 1. The maximum Gasteiger partial charge on any atom is 0.318 e. The van der Waals surface area contributed by atoms with E-state index >= 15 is 0 Å². The zero-order valence-corrected chi connectivity index (χ0v) is 23.9. The van der Waals surface area contributed by atoms with Gasteiger partial charge in [-0.3, -0.25) is 4.79 Å². The SMILES string of the molecule is Br.NCCCCC(C=CS(=O)(=O)c1ccccc1)NC(=O)C(Cc1ccccc1)NC(=O)N1CCOCC1. The van der Waals surface area contributed by atoms with Crippen LogP contribution in [0.2, 0.25) is 0 Å². The van der Waals surface area contributed by atoms with E-state index in [9.17, 15) is 18.0 Å². The molecule has 0 radical (unpaired) electrons. The highest BCUT2D eigenvalue weighted by molar-refractivity contribution is 8.93. The minimum absolute atomic E-state index is 0. The summed E-state index contributed by atoms with van der Waals surface area (Å²) in [4.78, 5) is 28.1. The molecule has 0 aliphatic carbocycles. The van der Waals surface area contributed by atoms with Gasteiger partial charge in [0.15, 0.2) is 9.84 Å². The number of hydrogen-bond acceptors (Lipinski definition) is 6. The summed E-state index contributed by atoms with van der Waals surface area (Å²) in [5, 5.41) is 6.94. The molecule has 1 fully saturated rings. The van der Waals surface area contributed by atoms with Crippen molar-refractivity contribution < 1.29 is 22.7 Å². The van der Waals surface area contributed by atoms with E-state index < -0.39 is 21.9 Å². The second-order valence-electron chi connectivity index (χ2n) is 8.88. The summed E-state index contributed by atoms with van der Waals surface area (Å²) in [7, 11) is -3.67. The molecule has 0 saturated carbocycles. The van der Waals surface area contributed by atoms with Crippen molar-refractivity contribution in [2.45, 2.75) is 42.7 Å². The Balaban J connectivity index is 0.00000507. The van der Waals surface area contributed by atoms with Gasteiger partial charge < -0.3 is 26.0 Å². The lowest BCUT2D eigenvalue weighted by Crippen LogP contribution is -2.55. The van der Waals surface area contributed by atoms with E-state index in [0.717, 1.165) is 17.4 Å². The van der Waals surface area contributed by atoms with Crippen LogP contribution in [0.25, 0.3) is 0 Å². The number of morpholine rings is 1. The highest BCUT2D eigenvalue weighted by Gasteiger charge is 2.26. The average Bonchev–Trinajstić information content (AvgIpc) is 2.93. The molecule has 4 N–H and O–H groups in total. The standard InChI is InChI=1S/C27H36N4O5S.BrH/c28-15-8-7-11-23(14-20-37(34,35)24-12-5-2-6-13-24)29-26(32)25(21-22-9-3-1-4-10-22)30-27(33)31-16-18-36-19-17-31;/h1-6,9-10,12-14,20,23,25H,7-8,11,15-19,21,28H2,(H,29,32)(H,30,33);1H. The predicted octanol–water partition coefficient (Wildman–Crippen LogP) is 2.82. The van der Waals surface area contributed by atoms with Gasteiger partial charge in [0.1, 0.15) is 6.04 Å². The number of nitrogens with two attached hydrogens (primary N) is 1. The van der Waals surface area contributed by atoms with E-state index in [4.69, 9.17) is 10.5 Å². The van der Waals surface area contributed by atoms with Gasteiger partial charge in [-0.05, 0) is 43.5 Å². The van der Waals surface area contributed by atoms with Crippen LogP contribution in [-0.2, 0) is 25.8 Å². The fraction of sp³-hybridized carbons (Fsp3) is 0.407. The summed E-state index contributed by atoms with van der Waals surface area (Å²) in [6.45, 7) is 2.30. The Morgan fingerprint density at radius 1 is 0.974 bits per heavy atom. The van der Waals surface area contributed by atoms with Gasteiger partial charge in [0.25, 0.3) is 0 Å². The van der Waals surface area contributed by atoms with Crippen LogP contribution in [0, 0.1) is 0 Å². The second kappa shape index (κ2) is 16.3. The van der Waals surface area contributed by atoms with Crippen molar-refractivity contribution >= 4 is 38.8 Å². The molecule has 0 aromatic heterocycles. The average molecular weight is 610 g/mol. The van der Waals surface area contributed by atoms with Crippen molar-refractivity contribution in [2.75, 3.05) is 32.8 Å². The Hall–Kier alpha value is -2.73. The monoisotopic (exact) mass is 608 g/mol. The summed E-state index contributed by atoms with van der Waals surface area (Å²) in [5.74, 6) is -0.384. The van der Waals surface area contributed by atoms with Gasteiger partial charge >= 0.3 is 6.03 Å². The lowest BCUT2D eigenvalue weighted by molar-refractivity contribution is -0.123. The molecule has 2 unspecified atom stereocenters. The summed E-state index contributed by atoms with van der Waals surface area (Å²) in [5.41, 5.74) is 6.53. The van der Waals surface area contributed by atoms with Crippen molar-refractivity contribution in [3.8, 4) is 0 Å². The Morgan fingerprint density at radius 2 is 1.61 bits per heavy atom. The van der Waals surface area contributed by atoms with Crippen molar-refractivity contribution in [1.82, 2.24) is 15.5 Å². The molecule has 11 heteroatoms. The molecular weight excluding hydrogens is 572 g/mol. The Labute approximate surface area is 235 Å². The number of ether oxygens (including phenoxy) is 1. The number of carbonyl (C=O) groups is 2. The Morgan fingerprint density at radius 3 is 2.24 bits per heavy atom. The topological polar surface area (TPSA) is 131 Å². The van der Waals surface area contributed by atoms with Crippen LogP contribution in [0.3, 0.4) is 0 Å². The van der Waals surface area contributed by atoms with E-state index in [2.05, 4.69) is 10.6 Å². The number of halogens is 1. The summed E-state index contributed by atoms with van der Waals surface area (Å²) in [6, 6.07) is 15.8. The van der Waals surface area contributed by atoms with E-state index in [1.165, 1.54) is 18.2 Å². The molecule has 0 bridgehead atoms. The van der Waals surface area contributed by atoms with Gasteiger partial charge in [0, 0.05) is 31.0 Å². The molecule has 208 valence electrons. The molecule has 3 amide bonds. The van der Waals surface area contributed by atoms with E-state index in [1.54, 1.807) is 23.1 Å². The second-order valence-corrected chi connectivity index (χ2v) is 10.7. The lowest BCUT2D eigenvalue weighted by Gasteiger charge is -2.29. The molecule has 3 rings (SSSR count). The van der Waals surface area contributed by atoms with Crippen LogP contribution in [0.4, 0.5) is 4.79 Å². The molecule has 2 aromatic rings. The minimum atomic E-state index is -3.67. The maximum atomic E-state index is 13.4. The van der Waals surface area contributed by atoms with Crippen molar-refractivity contribution in [2.24, 2.45) is 5.73 Å². The molecular formula is C27H37BrN4O5S. The first-order valence-electron chi connectivity index (χ1n) is 12.5. The number of urea groups is 1. The first kappa shape index (κ1) is 31.5. The van der Waals surface area contributed by atoms with Crippen LogP contribution in [0.5, 0.6) is 0 Å². The van der Waals surface area contributed by atoms with E-state index in [0.29, 0.717) is 52.1 Å². The third-order valence-corrected chi connectivity index (χ3v) is 7.50. The van der Waals surface area contributed by atoms with Crippen LogP contribution in [-0.4, -0.2) is 70.2 Å². The highest BCUT2D eigenvalue weighted by atomic mass is 79.9. The van der Waals surface area contributed by atoms with Gasteiger partial charge in [-0.1, -0.05) is 54.6 Å². The minimum Gasteiger partial charge on any atom is -0.378 e. The van der Waals surface area contributed by atoms with Crippen LogP contribution < -0.4 is 16.4 Å². The fourth-order valence-electron chi connectivity index (χ4n) is 3.96. The van der Waals surface area contributed by atoms with Crippen molar-refractivity contribution in [3.05, 3.63) is 77.7 Å². The molecule has 1 heterocycles. The fourth-order valence-corrected chi connectivity index (χ4v) is 5.05. The number of hydrogen-bond donors (Lipinski definition) is 3. The molecule has 38 heavy (non-hydrogen) atoms. The van der Waals surface area contributed by atoms with Gasteiger partial charge in [-0.2, -0.15) is 0 Å². The van der Waals surface area contributed by atoms with Gasteiger partial charge in [-0.25, -0.2) is 13.2 Å². The van der Waals surface area contributed by atoms with E-state index in [1.807, 2.05) is 30.3 Å². The molecule has 1 saturated heterocycles. The normalized spacial score (nSPS) is 15.3. The predicted molar refractivity (Wildman–Crippen MR) is 153 cm³/mol. The largest absolute Gasteiger partial charge is 0.378 e. The number of nitrogens with zero attached hydrogens (tertiary/aromatic N) is 1. The number of amides is 3. The molecule has 1 aliphatic heterocycles. The quantitative estimate of drug-likeness (QED) is 0.318. The smallest absolute Gasteiger partial charge is 0.318 e. The van der Waals surface area contributed by atoms with Gasteiger partial charge in [-0.15, -0.1) is 17.0 Å². The van der Waals surface area contributed by atoms with Gasteiger partial charge in [0.2, 0.25) is 5.91 Å². The third kappa shape index (κ3) is 10.2. The zero-order valence-electron chi connectivity index (χ0n) is 21.3. The summed E-state index contributed by atoms with van der Waals surface area (Å²) < 4.78 is 30.8. The molecule has 1 aliphatic rings. The lowest BCUT2D eigenvalue weighted by atomic mass is 10.0. The zero-order chi connectivity index (χ0) is 26.5. The first-order valence-corrected chi connectivity index (χ1v) is 14.1. The van der Waals surface area contributed by atoms with Crippen molar-refractivity contribution in [3.63, 3.8) is 0 Å². The summed E-state index contributed by atoms with van der Waals surface area (Å²) >= 11 is 0. The third-order valence-electron chi connectivity index (χ3n) is 6.05. The summed E-state index contributed by atoms with van der Waals surface area (Å²) in [6.07, 6.45) is 3.76. The number of benzene rings is 2. The Bertz CT molecular complexity index is 1130. The van der Waals surface area contributed by atoms with Crippen LogP contribution in [0.15, 0.2) is 77.0 Å². The van der Waals surface area contributed by atoms with E-state index in [-0.39, 0.29) is 33.8 Å². The number of carbonyl (C=O) groups excluding carboxylic acids is 2. The van der Waals surface area contributed by atoms with Crippen LogP contribution >= 0.6 is 17.0 Å². The molecule has 2 atom stereocenters. The highest BCUT2D eigenvalue weighted by Crippen LogP contribution is 2.13.